The van der Waals surface area contributed by atoms with E-state index in [1.54, 1.807) is 0 Å². The van der Waals surface area contributed by atoms with Crippen molar-refractivity contribution in [1.29, 1.82) is 0 Å². The number of hydrogen-bond donors (Lipinski definition) is 5. The Bertz CT molecular complexity index is 1020. The summed E-state index contributed by atoms with van der Waals surface area (Å²) in [5, 5.41) is 23.7. The number of ketones is 2. The van der Waals surface area contributed by atoms with Gasteiger partial charge in [-0.3, -0.25) is 24.0 Å². The van der Waals surface area contributed by atoms with Gasteiger partial charge in [0.2, 0.25) is 21.8 Å². The van der Waals surface area contributed by atoms with Crippen LogP contribution in [0.25, 0.3) is 0 Å². The minimum atomic E-state index is -3.36. The van der Waals surface area contributed by atoms with Crippen molar-refractivity contribution in [3.05, 3.63) is 0 Å². The van der Waals surface area contributed by atoms with Crippen molar-refractivity contribution in [2.75, 3.05) is 59.0 Å². The number of nitrogens with one attached hydrogen (secondary N) is 3. The minimum Gasteiger partial charge on any atom is -0.481 e. The maximum Gasteiger partial charge on any atom is 0.326 e. The van der Waals surface area contributed by atoms with Crippen LogP contribution in [-0.4, -0.2) is 119 Å². The number of carbonyl (C=O) groups excluding carboxylic acids is 4. The van der Waals surface area contributed by atoms with E-state index in [4.69, 9.17) is 14.2 Å². The summed E-state index contributed by atoms with van der Waals surface area (Å²) in [6.45, 7) is 2.92. The molecule has 0 aromatic heterocycles. The van der Waals surface area contributed by atoms with E-state index in [0.717, 1.165) is 0 Å². The van der Waals surface area contributed by atoms with Gasteiger partial charge in [-0.1, -0.05) is 0 Å². The van der Waals surface area contributed by atoms with Gasteiger partial charge in [-0.2, -0.15) is 0 Å². The summed E-state index contributed by atoms with van der Waals surface area (Å²) in [6.07, 6.45) is -0.0600. The van der Waals surface area contributed by atoms with Crippen LogP contribution in [0.4, 0.5) is 0 Å². The van der Waals surface area contributed by atoms with E-state index in [1.165, 1.54) is 7.05 Å². The number of hydrogen-bond acceptors (Lipinski definition) is 11. The first-order chi connectivity index (χ1) is 20.8. The van der Waals surface area contributed by atoms with Crippen molar-refractivity contribution in [2.45, 2.75) is 70.8 Å². The molecule has 0 aromatic rings. The maximum absolute atomic E-state index is 12.3. The lowest BCUT2D eigenvalue weighted by molar-refractivity contribution is -0.145. The molecule has 0 fully saturated rings. The smallest absolute Gasteiger partial charge is 0.326 e. The van der Waals surface area contributed by atoms with Gasteiger partial charge in [0.25, 0.3) is 0 Å². The van der Waals surface area contributed by atoms with E-state index in [-0.39, 0.29) is 102 Å². The predicted octanol–water partition coefficient (Wildman–Crippen LogP) is -0.359. The molecule has 0 bridgehead atoms. The van der Waals surface area contributed by atoms with E-state index in [9.17, 15) is 47.4 Å². The summed E-state index contributed by atoms with van der Waals surface area (Å²) >= 11 is 0. The van der Waals surface area contributed by atoms with E-state index >= 15 is 0 Å². The molecule has 0 aliphatic carbocycles. The summed E-state index contributed by atoms with van der Waals surface area (Å²) in [4.78, 5) is 71.1. The van der Waals surface area contributed by atoms with Crippen LogP contribution in [-0.2, 0) is 53.0 Å². The van der Waals surface area contributed by atoms with Crippen LogP contribution in [0.3, 0.4) is 0 Å². The molecule has 0 saturated heterocycles. The van der Waals surface area contributed by atoms with Crippen molar-refractivity contribution in [3.63, 3.8) is 0 Å². The number of amides is 2. The summed E-state index contributed by atoms with van der Waals surface area (Å²) in [7, 11) is -2.06. The molecule has 2 atom stereocenters. The average molecular weight is 654 g/mol. The van der Waals surface area contributed by atoms with Gasteiger partial charge in [0.15, 0.2) is 5.78 Å². The van der Waals surface area contributed by atoms with Gasteiger partial charge in [0.05, 0.1) is 31.5 Å². The van der Waals surface area contributed by atoms with E-state index in [0.29, 0.717) is 19.6 Å². The van der Waals surface area contributed by atoms with Crippen LogP contribution in [0.5, 0.6) is 0 Å². The zero-order valence-electron chi connectivity index (χ0n) is 25.5. The molecule has 2 amide bonds. The fourth-order valence-electron chi connectivity index (χ4n) is 3.70. The molecule has 0 unspecified atom stereocenters. The standard InChI is InChI=1S/C27H47N3O13S/c1-3-41-13-4-6-21(31)9-10-23(27(37)38)30-25(34)11-8-20(26(35)36)18-22(32)19-43-16-15-42-14-12-29-24(33)7-5-17-44(39,40)28-2/h20,23,28H,3-19H2,1-2H3,(H,29,33)(H,30,34)(H,35,36)(H,37,38)/t20-,23+/m1/s1. The largest absolute Gasteiger partial charge is 0.481 e. The Morgan fingerprint density at radius 1 is 0.750 bits per heavy atom. The Balaban J connectivity index is 4.20. The maximum atomic E-state index is 12.3. The van der Waals surface area contributed by atoms with E-state index < -0.39 is 45.6 Å². The molecule has 0 aliphatic rings. The number of Topliss-reactive ketones (excluding diaryl/α,β-unsaturated/α-hetero) is 2. The van der Waals surface area contributed by atoms with Crippen LogP contribution in [0, 0.1) is 5.92 Å². The Morgan fingerprint density at radius 2 is 1.45 bits per heavy atom. The average Bonchev–Trinajstić information content (AvgIpc) is 2.96. The molecule has 0 aromatic carbocycles. The zero-order chi connectivity index (χ0) is 33.4. The minimum absolute atomic E-state index is 0.0350. The molecule has 16 nitrogen and oxygen atoms in total. The van der Waals surface area contributed by atoms with E-state index in [1.807, 2.05) is 6.92 Å². The molecule has 254 valence electrons. The molecule has 0 aliphatic heterocycles. The number of carboxylic acids is 2. The second-order valence-corrected chi connectivity index (χ2v) is 11.8. The molecule has 0 rings (SSSR count). The normalized spacial score (nSPS) is 12.7. The van der Waals surface area contributed by atoms with Crippen molar-refractivity contribution in [2.24, 2.45) is 5.92 Å². The number of sulfonamides is 1. The number of rotatable bonds is 29. The van der Waals surface area contributed by atoms with Gasteiger partial charge in [0, 0.05) is 51.9 Å². The van der Waals surface area contributed by atoms with Gasteiger partial charge in [-0.05, 0) is 39.7 Å². The SMILES string of the molecule is CCOCCCC(=O)CC[C@H](NC(=O)CC[C@H](CC(=O)COCCOCCNC(=O)CCCS(=O)(=O)NC)C(=O)O)C(=O)O. The molecule has 0 saturated carbocycles. The molecular formula is C27H47N3O13S. The Hall–Kier alpha value is -2.99. The van der Waals surface area contributed by atoms with Gasteiger partial charge >= 0.3 is 11.9 Å². The van der Waals surface area contributed by atoms with Gasteiger partial charge in [-0.25, -0.2) is 17.9 Å². The highest BCUT2D eigenvalue weighted by Crippen LogP contribution is 2.13. The van der Waals surface area contributed by atoms with Crippen molar-refractivity contribution < 1.29 is 61.6 Å². The number of aliphatic carboxylic acids is 2. The monoisotopic (exact) mass is 653 g/mol. The first kappa shape index (κ1) is 41.0. The fourth-order valence-corrected chi connectivity index (χ4v) is 4.43. The highest BCUT2D eigenvalue weighted by Gasteiger charge is 2.25. The number of ether oxygens (including phenoxy) is 3. The Labute approximate surface area is 258 Å². The van der Waals surface area contributed by atoms with Gasteiger partial charge in [-0.15, -0.1) is 0 Å². The summed E-state index contributed by atoms with van der Waals surface area (Å²) in [5.41, 5.74) is 0. The molecule has 0 spiro atoms. The molecular weight excluding hydrogens is 606 g/mol. The molecule has 44 heavy (non-hydrogen) atoms. The molecule has 5 N–H and O–H groups in total. The Morgan fingerprint density at radius 3 is 2.09 bits per heavy atom. The summed E-state index contributed by atoms with van der Waals surface area (Å²) in [5.74, 6) is -5.60. The zero-order valence-corrected chi connectivity index (χ0v) is 26.3. The van der Waals surface area contributed by atoms with Crippen LogP contribution in [0.2, 0.25) is 0 Å². The quantitative estimate of drug-likeness (QED) is 0.0649. The third-order valence-electron chi connectivity index (χ3n) is 6.17. The van der Waals surface area contributed by atoms with Crippen LogP contribution < -0.4 is 15.4 Å². The van der Waals surface area contributed by atoms with Crippen molar-refractivity contribution >= 4 is 45.3 Å². The van der Waals surface area contributed by atoms with Crippen LogP contribution >= 0.6 is 0 Å². The third kappa shape index (κ3) is 22.5. The first-order valence-electron chi connectivity index (χ1n) is 14.5. The van der Waals surface area contributed by atoms with Crippen molar-refractivity contribution in [3.8, 4) is 0 Å². The highest BCUT2D eigenvalue weighted by atomic mass is 32.2. The first-order valence-corrected chi connectivity index (χ1v) is 16.2. The second-order valence-electron chi connectivity index (χ2n) is 9.79. The number of carboxylic acid groups (broad SMARTS) is 2. The number of carbonyl (C=O) groups is 6. The molecule has 0 radical (unpaired) electrons. The van der Waals surface area contributed by atoms with Gasteiger partial charge in [0.1, 0.15) is 18.4 Å². The third-order valence-corrected chi connectivity index (χ3v) is 7.62. The van der Waals surface area contributed by atoms with Crippen molar-refractivity contribution in [1.82, 2.24) is 15.4 Å². The lowest BCUT2D eigenvalue weighted by Gasteiger charge is -2.16. The fraction of sp³-hybridized carbons (Fsp3) is 0.778. The molecule has 0 heterocycles. The Kier molecular flexibility index (Phi) is 22.7. The topological polar surface area (TPSA) is 241 Å². The van der Waals surface area contributed by atoms with Crippen LogP contribution in [0.15, 0.2) is 0 Å². The lowest BCUT2D eigenvalue weighted by Crippen LogP contribution is -2.41. The second kappa shape index (κ2) is 24.3. The summed E-state index contributed by atoms with van der Waals surface area (Å²) in [6, 6.07) is -1.30. The van der Waals surface area contributed by atoms with Gasteiger partial charge < -0.3 is 35.1 Å². The van der Waals surface area contributed by atoms with Crippen LogP contribution in [0.1, 0.15) is 64.7 Å². The predicted molar refractivity (Wildman–Crippen MR) is 156 cm³/mol. The molecule has 17 heteroatoms. The lowest BCUT2D eigenvalue weighted by atomic mass is 9.97. The summed E-state index contributed by atoms with van der Waals surface area (Å²) < 4.78 is 40.4. The highest BCUT2D eigenvalue weighted by molar-refractivity contribution is 7.89. The van der Waals surface area contributed by atoms with E-state index in [2.05, 4.69) is 15.4 Å².